The van der Waals surface area contributed by atoms with Crippen LogP contribution in [0.25, 0.3) is 5.69 Å². The lowest BCUT2D eigenvalue weighted by Gasteiger charge is -2.15. The summed E-state index contributed by atoms with van der Waals surface area (Å²) in [6.07, 6.45) is 1.16. The van der Waals surface area contributed by atoms with Crippen LogP contribution in [0.15, 0.2) is 60.7 Å². The van der Waals surface area contributed by atoms with Gasteiger partial charge in [0.2, 0.25) is 0 Å². The lowest BCUT2D eigenvalue weighted by Crippen LogP contribution is -2.24. The van der Waals surface area contributed by atoms with Crippen molar-refractivity contribution >= 4 is 11.8 Å². The van der Waals surface area contributed by atoms with Crippen molar-refractivity contribution < 1.29 is 13.9 Å². The van der Waals surface area contributed by atoms with Crippen molar-refractivity contribution in [2.24, 2.45) is 5.73 Å². The summed E-state index contributed by atoms with van der Waals surface area (Å²) in [5.41, 5.74) is 8.20. The third-order valence-corrected chi connectivity index (χ3v) is 5.80. The van der Waals surface area contributed by atoms with Crippen molar-refractivity contribution in [1.82, 2.24) is 14.7 Å². The minimum atomic E-state index is -0.595. The Labute approximate surface area is 200 Å². The van der Waals surface area contributed by atoms with Crippen LogP contribution in [0, 0.1) is 5.82 Å². The van der Waals surface area contributed by atoms with E-state index in [9.17, 15) is 9.18 Å². The number of likely N-dealkylation sites (tertiary alicyclic amines) is 1. The van der Waals surface area contributed by atoms with E-state index in [0.29, 0.717) is 11.7 Å². The number of hydrogen-bond acceptors (Lipinski definition) is 4. The molecule has 34 heavy (non-hydrogen) atoms. The molecular weight excluding hydrogens is 433 g/mol. The molecule has 7 nitrogen and oxygen atoms in total. The first-order valence-corrected chi connectivity index (χ1v) is 11.6. The van der Waals surface area contributed by atoms with Gasteiger partial charge in [0.25, 0.3) is 0 Å². The molecule has 0 bridgehead atoms. The van der Waals surface area contributed by atoms with Crippen LogP contribution in [0.4, 0.5) is 15.0 Å². The van der Waals surface area contributed by atoms with Gasteiger partial charge in [-0.1, -0.05) is 44.2 Å². The van der Waals surface area contributed by atoms with E-state index in [4.69, 9.17) is 10.5 Å². The lowest BCUT2D eigenvalue weighted by molar-refractivity contribution is 0.160. The molecule has 1 fully saturated rings. The Morgan fingerprint density at radius 2 is 1.91 bits per heavy atom. The summed E-state index contributed by atoms with van der Waals surface area (Å²) in [5.74, 6) is 1.26. The molecule has 1 saturated heterocycles. The number of aromatic nitrogens is 2. The second-order valence-electron chi connectivity index (χ2n) is 8.68. The van der Waals surface area contributed by atoms with Gasteiger partial charge in [-0.2, -0.15) is 5.10 Å². The highest BCUT2D eigenvalue weighted by Gasteiger charge is 2.23. The molecule has 1 aliphatic heterocycles. The smallest absolute Gasteiger partial charge is 0.317 e. The number of ether oxygens (including phenoxy) is 1. The van der Waals surface area contributed by atoms with Crippen LogP contribution in [-0.4, -0.2) is 54.1 Å². The average Bonchev–Trinajstić information content (AvgIpc) is 3.46. The number of nitrogens with two attached hydrogens (primary N) is 1. The highest BCUT2D eigenvalue weighted by molar-refractivity contribution is 5.87. The summed E-state index contributed by atoms with van der Waals surface area (Å²) in [6.45, 7) is 8.06. The third kappa shape index (κ3) is 7.13. The molecule has 0 spiro atoms. The quantitative estimate of drug-likeness (QED) is 0.525. The minimum absolute atomic E-state index is 0.155. The molecule has 1 unspecified atom stereocenters. The number of amides is 2. The van der Waals surface area contributed by atoms with Gasteiger partial charge in [-0.3, -0.25) is 5.32 Å². The number of nitrogens with one attached hydrogen (secondary N) is 1. The van der Waals surface area contributed by atoms with Crippen LogP contribution in [0.1, 0.15) is 43.4 Å². The van der Waals surface area contributed by atoms with Crippen LogP contribution in [-0.2, 0) is 4.74 Å². The maximum Gasteiger partial charge on any atom is 0.317 e. The van der Waals surface area contributed by atoms with Gasteiger partial charge in [0, 0.05) is 26.3 Å². The minimum Gasteiger partial charge on any atom is -0.383 e. The number of nitrogens with zero attached hydrogens (tertiary/aromatic N) is 3. The molecule has 0 radical (unpaired) electrons. The molecule has 2 aromatic carbocycles. The zero-order chi connectivity index (χ0) is 24.5. The molecule has 2 amide bonds. The molecule has 3 aromatic rings. The lowest BCUT2D eigenvalue weighted by atomic mass is 9.99. The van der Waals surface area contributed by atoms with Gasteiger partial charge in [0.1, 0.15) is 11.6 Å². The number of para-hydroxylation sites is 1. The first-order chi connectivity index (χ1) is 16.4. The van der Waals surface area contributed by atoms with Gasteiger partial charge in [-0.25, -0.2) is 13.9 Å². The van der Waals surface area contributed by atoms with E-state index in [0.717, 1.165) is 44.0 Å². The fraction of sp³-hybridized carbons (Fsp3) is 0.385. The summed E-state index contributed by atoms with van der Waals surface area (Å²) >= 11 is 0. The Bertz CT molecular complexity index is 1040. The molecule has 1 atom stereocenters. The number of primary amides is 1. The summed E-state index contributed by atoms with van der Waals surface area (Å²) in [4.78, 5) is 13.4. The van der Waals surface area contributed by atoms with Crippen LogP contribution in [0.3, 0.4) is 0 Å². The Hall–Kier alpha value is -3.23. The zero-order valence-corrected chi connectivity index (χ0v) is 20.1. The first-order valence-electron chi connectivity index (χ1n) is 11.6. The summed E-state index contributed by atoms with van der Waals surface area (Å²) in [6, 6.07) is 17.7. The Kier molecular flexibility index (Phi) is 9.18. The molecule has 0 aliphatic carbocycles. The monoisotopic (exact) mass is 467 g/mol. The zero-order valence-electron chi connectivity index (χ0n) is 20.1. The topological polar surface area (TPSA) is 85.4 Å². The first kappa shape index (κ1) is 25.4. The number of hydrogen-bond donors (Lipinski definition) is 2. The molecule has 4 rings (SSSR count). The fourth-order valence-electron chi connectivity index (χ4n) is 3.93. The van der Waals surface area contributed by atoms with Gasteiger partial charge in [0.15, 0.2) is 0 Å². The number of methoxy groups -OCH3 is 1. The molecule has 182 valence electrons. The maximum atomic E-state index is 12.8. The molecule has 8 heteroatoms. The highest BCUT2D eigenvalue weighted by Crippen LogP contribution is 2.27. The van der Waals surface area contributed by atoms with E-state index in [2.05, 4.69) is 15.3 Å². The van der Waals surface area contributed by atoms with Gasteiger partial charge in [-0.15, -0.1) is 0 Å². The number of rotatable bonds is 7. The van der Waals surface area contributed by atoms with Crippen molar-refractivity contribution in [2.75, 3.05) is 38.7 Å². The number of carbonyl (C=O) groups excluding carboxylic acids is 1. The Morgan fingerprint density at radius 3 is 2.53 bits per heavy atom. The third-order valence-electron chi connectivity index (χ3n) is 5.80. The van der Waals surface area contributed by atoms with E-state index in [1.165, 1.54) is 5.56 Å². The normalized spacial score (nSPS) is 15.7. The van der Waals surface area contributed by atoms with Gasteiger partial charge < -0.3 is 15.4 Å². The largest absolute Gasteiger partial charge is 0.383 e. The molecule has 0 saturated carbocycles. The fourth-order valence-corrected chi connectivity index (χ4v) is 3.93. The summed E-state index contributed by atoms with van der Waals surface area (Å²) < 4.78 is 19.5. The molecule has 1 aliphatic rings. The number of urea groups is 1. The van der Waals surface area contributed by atoms with Crippen molar-refractivity contribution in [3.63, 3.8) is 0 Å². The van der Waals surface area contributed by atoms with E-state index < -0.39 is 6.03 Å². The SMILES string of the molecule is CC(C)c1cc(NC(N)=O)n(-c2ccccc2)n1.COCCN1CCC(c2ccc(F)cc2)C1. The predicted octanol–water partition coefficient (Wildman–Crippen LogP) is 4.75. The van der Waals surface area contributed by atoms with Gasteiger partial charge in [-0.05, 0) is 54.6 Å². The summed E-state index contributed by atoms with van der Waals surface area (Å²) in [7, 11) is 1.73. The van der Waals surface area contributed by atoms with Crippen LogP contribution >= 0.6 is 0 Å². The molecule has 2 heterocycles. The second-order valence-corrected chi connectivity index (χ2v) is 8.68. The van der Waals surface area contributed by atoms with Crippen LogP contribution in [0.5, 0.6) is 0 Å². The van der Waals surface area contributed by atoms with E-state index in [1.54, 1.807) is 23.9 Å². The van der Waals surface area contributed by atoms with Crippen LogP contribution < -0.4 is 11.1 Å². The van der Waals surface area contributed by atoms with Gasteiger partial charge >= 0.3 is 6.03 Å². The van der Waals surface area contributed by atoms with E-state index in [1.807, 2.05) is 62.4 Å². The number of halogens is 1. The van der Waals surface area contributed by atoms with Crippen molar-refractivity contribution in [2.45, 2.75) is 32.1 Å². The molecule has 3 N–H and O–H groups in total. The molecular formula is C26H34FN5O2. The standard InChI is InChI=1S/C13H18FNO.C13H16N4O/c1-16-9-8-15-7-6-12(10-15)11-2-4-13(14)5-3-11;1-9(2)11-8-12(15-13(14)18)17(16-11)10-6-4-3-5-7-10/h2-5,12H,6-10H2,1H3;3-9H,1-2H3,(H3,14,15,18). The predicted molar refractivity (Wildman–Crippen MR) is 133 cm³/mol. The second kappa shape index (κ2) is 12.3. The molecule has 1 aromatic heterocycles. The van der Waals surface area contributed by atoms with E-state index in [-0.39, 0.29) is 11.7 Å². The van der Waals surface area contributed by atoms with E-state index >= 15 is 0 Å². The van der Waals surface area contributed by atoms with Crippen molar-refractivity contribution in [1.29, 1.82) is 0 Å². The highest BCUT2D eigenvalue weighted by atomic mass is 19.1. The number of carbonyl (C=O) groups is 1. The number of anilines is 1. The van der Waals surface area contributed by atoms with Crippen LogP contribution in [0.2, 0.25) is 0 Å². The average molecular weight is 468 g/mol. The maximum absolute atomic E-state index is 12.8. The van der Waals surface area contributed by atoms with Crippen molar-refractivity contribution in [3.8, 4) is 5.69 Å². The Balaban J connectivity index is 0.000000192. The summed E-state index contributed by atoms with van der Waals surface area (Å²) in [5, 5.41) is 7.07. The Morgan fingerprint density at radius 1 is 1.21 bits per heavy atom. The van der Waals surface area contributed by atoms with Gasteiger partial charge in [0.05, 0.1) is 18.0 Å². The van der Waals surface area contributed by atoms with Crippen molar-refractivity contribution in [3.05, 3.63) is 77.7 Å². The number of benzene rings is 2.